The highest BCUT2D eigenvalue weighted by atomic mass is 16.7. The Bertz CT molecular complexity index is 1990. The summed E-state index contributed by atoms with van der Waals surface area (Å²) in [6.07, 6.45) is 13.5. The SMILES string of the molecule is CCn1c2c(c3cc(/C(CC(C)N(OC(C)=O)C(C)=O)=N/OC(C)=O)ccc31)C=C(C(=O)C1=c3ccccc3=CCC=C1)CC=C2. The average molecular weight is 620 g/mol. The van der Waals surface area contributed by atoms with Crippen molar-refractivity contribution in [3.8, 4) is 0 Å². The second kappa shape index (κ2) is 13.8. The summed E-state index contributed by atoms with van der Waals surface area (Å²) in [4.78, 5) is 60.0. The first-order valence-electron chi connectivity index (χ1n) is 15.4. The van der Waals surface area contributed by atoms with Gasteiger partial charge in [-0.1, -0.05) is 59.8 Å². The van der Waals surface area contributed by atoms with Gasteiger partial charge in [0.2, 0.25) is 0 Å². The quantitative estimate of drug-likeness (QED) is 0.200. The first-order valence-corrected chi connectivity index (χ1v) is 15.4. The van der Waals surface area contributed by atoms with Crippen LogP contribution in [0.25, 0.3) is 34.7 Å². The van der Waals surface area contributed by atoms with Gasteiger partial charge in [-0.25, -0.2) is 4.79 Å². The summed E-state index contributed by atoms with van der Waals surface area (Å²) < 4.78 is 2.20. The number of rotatable bonds is 8. The molecule has 236 valence electrons. The van der Waals surface area contributed by atoms with Crippen LogP contribution in [-0.2, 0) is 35.4 Å². The molecule has 1 aromatic heterocycles. The highest BCUT2D eigenvalue weighted by molar-refractivity contribution is 6.29. The molecule has 9 nitrogen and oxygen atoms in total. The second-order valence-corrected chi connectivity index (χ2v) is 11.3. The topological polar surface area (TPSA) is 107 Å². The Labute approximate surface area is 267 Å². The molecule has 0 N–H and O–H groups in total. The molecule has 1 unspecified atom stereocenters. The normalized spacial score (nSPS) is 14.7. The summed E-state index contributed by atoms with van der Waals surface area (Å²) in [7, 11) is 0. The minimum Gasteiger partial charge on any atom is -0.341 e. The van der Waals surface area contributed by atoms with E-state index in [2.05, 4.69) is 28.8 Å². The Morgan fingerprint density at radius 3 is 2.50 bits per heavy atom. The Morgan fingerprint density at radius 2 is 1.78 bits per heavy atom. The molecule has 1 atom stereocenters. The van der Waals surface area contributed by atoms with Crippen molar-refractivity contribution in [1.82, 2.24) is 9.63 Å². The fourth-order valence-corrected chi connectivity index (χ4v) is 6.00. The maximum atomic E-state index is 14.1. The Balaban J connectivity index is 1.63. The zero-order chi connectivity index (χ0) is 33.0. The van der Waals surface area contributed by atoms with Gasteiger partial charge >= 0.3 is 11.9 Å². The van der Waals surface area contributed by atoms with Crippen LogP contribution in [0.2, 0.25) is 0 Å². The number of allylic oxidation sites excluding steroid dienone is 4. The van der Waals surface area contributed by atoms with E-state index < -0.39 is 23.9 Å². The van der Waals surface area contributed by atoms with Gasteiger partial charge in [-0.2, -0.15) is 5.06 Å². The molecule has 46 heavy (non-hydrogen) atoms. The number of Topliss-reactive ketones (excluding diaryl/α,β-unsaturated/α-hetero) is 1. The van der Waals surface area contributed by atoms with E-state index >= 15 is 0 Å². The number of amides is 1. The maximum absolute atomic E-state index is 14.1. The van der Waals surface area contributed by atoms with Gasteiger partial charge in [0.1, 0.15) is 0 Å². The minimum atomic E-state index is -0.630. The first kappa shape index (κ1) is 32.1. The molecule has 1 amide bonds. The zero-order valence-electron chi connectivity index (χ0n) is 26.7. The van der Waals surface area contributed by atoms with Crippen LogP contribution >= 0.6 is 0 Å². The molecule has 3 aromatic rings. The third kappa shape index (κ3) is 6.68. The number of carbonyl (C=O) groups excluding carboxylic acids is 4. The summed E-state index contributed by atoms with van der Waals surface area (Å²) in [5.74, 6) is -1.70. The lowest BCUT2D eigenvalue weighted by molar-refractivity contribution is -0.202. The number of hydrogen-bond acceptors (Lipinski definition) is 7. The molecule has 0 saturated carbocycles. The third-order valence-corrected chi connectivity index (χ3v) is 7.98. The molecule has 0 aliphatic heterocycles. The number of fused-ring (bicyclic) bond motifs is 4. The van der Waals surface area contributed by atoms with Gasteiger partial charge in [0, 0.05) is 72.6 Å². The van der Waals surface area contributed by atoms with Crippen LogP contribution in [0.1, 0.15) is 70.7 Å². The predicted octanol–water partition coefficient (Wildman–Crippen LogP) is 4.99. The smallest absolute Gasteiger partial charge is 0.331 e. The molecule has 0 bridgehead atoms. The first-order chi connectivity index (χ1) is 22.1. The van der Waals surface area contributed by atoms with Crippen molar-refractivity contribution in [3.05, 3.63) is 93.5 Å². The molecular weight excluding hydrogens is 582 g/mol. The Morgan fingerprint density at radius 1 is 1.00 bits per heavy atom. The molecule has 2 aliphatic rings. The Hall–Kier alpha value is -5.31. The van der Waals surface area contributed by atoms with Gasteiger partial charge in [-0.05, 0) is 61.4 Å². The third-order valence-electron chi connectivity index (χ3n) is 7.98. The number of hydrogen-bond donors (Lipinski definition) is 0. The molecule has 0 radical (unpaired) electrons. The van der Waals surface area contributed by atoms with Crippen molar-refractivity contribution in [2.75, 3.05) is 0 Å². The molecule has 2 aromatic carbocycles. The highest BCUT2D eigenvalue weighted by Crippen LogP contribution is 2.34. The van der Waals surface area contributed by atoms with Crippen LogP contribution in [0.15, 0.2) is 71.4 Å². The van der Waals surface area contributed by atoms with Gasteiger partial charge in [-0.3, -0.25) is 14.4 Å². The van der Waals surface area contributed by atoms with E-state index in [-0.39, 0.29) is 12.2 Å². The number of benzene rings is 2. The fraction of sp³-hybridized carbons (Fsp3) is 0.270. The van der Waals surface area contributed by atoms with E-state index in [1.807, 2.05) is 66.8 Å². The van der Waals surface area contributed by atoms with Crippen molar-refractivity contribution in [3.63, 3.8) is 0 Å². The zero-order valence-corrected chi connectivity index (χ0v) is 26.7. The summed E-state index contributed by atoms with van der Waals surface area (Å²) in [6.45, 7) is 8.27. The van der Waals surface area contributed by atoms with Crippen molar-refractivity contribution in [2.45, 2.75) is 66.5 Å². The lowest BCUT2D eigenvalue weighted by atomic mass is 9.96. The number of ketones is 1. The second-order valence-electron chi connectivity index (χ2n) is 11.3. The van der Waals surface area contributed by atoms with E-state index in [0.29, 0.717) is 35.4 Å². The summed E-state index contributed by atoms with van der Waals surface area (Å²) in [5.41, 5.74) is 5.24. The number of oxime groups is 1. The van der Waals surface area contributed by atoms with E-state index in [9.17, 15) is 19.2 Å². The average Bonchev–Trinajstić information content (AvgIpc) is 3.19. The van der Waals surface area contributed by atoms with E-state index in [1.165, 1.54) is 20.8 Å². The fourth-order valence-electron chi connectivity index (χ4n) is 6.00. The van der Waals surface area contributed by atoms with Gasteiger partial charge < -0.3 is 14.2 Å². The molecule has 0 saturated heterocycles. The summed E-state index contributed by atoms with van der Waals surface area (Å²) in [6, 6.07) is 13.2. The largest absolute Gasteiger partial charge is 0.341 e. The lowest BCUT2D eigenvalue weighted by Crippen LogP contribution is -2.39. The van der Waals surface area contributed by atoms with Crippen molar-refractivity contribution in [1.29, 1.82) is 0 Å². The Kier molecular flexibility index (Phi) is 9.61. The van der Waals surface area contributed by atoms with Gasteiger partial charge in [0.05, 0.1) is 11.8 Å². The number of nitrogens with zero attached hydrogens (tertiary/aromatic N) is 3. The molecule has 5 rings (SSSR count). The standard InChI is InChI=1S/C37H37N3O6/c1-6-39-35-17-11-14-29(37(44)31-16-10-8-13-27-12-7-9-15-30(27)31)22-33(35)32-21-28(18-19-36(32)39)34(38-45-25(4)42)20-23(2)40(24(3)41)46-26(5)43/h7,9-13,15-19,21-23H,6,8,14,20H2,1-5H3/b38-34+. The van der Waals surface area contributed by atoms with Crippen molar-refractivity contribution in [2.24, 2.45) is 5.16 Å². The molecule has 2 aliphatic carbocycles. The van der Waals surface area contributed by atoms with Crippen LogP contribution in [0.3, 0.4) is 0 Å². The number of aromatic nitrogens is 1. The predicted molar refractivity (Wildman–Crippen MR) is 178 cm³/mol. The minimum absolute atomic E-state index is 0.0224. The van der Waals surface area contributed by atoms with Crippen LogP contribution in [0, 0.1) is 0 Å². The van der Waals surface area contributed by atoms with E-state index in [4.69, 9.17) is 9.68 Å². The number of aryl methyl sites for hydroxylation is 1. The van der Waals surface area contributed by atoms with Crippen molar-refractivity contribution < 1.29 is 28.9 Å². The molecular formula is C37H37N3O6. The van der Waals surface area contributed by atoms with Crippen LogP contribution < -0.4 is 10.4 Å². The lowest BCUT2D eigenvalue weighted by Gasteiger charge is -2.26. The van der Waals surface area contributed by atoms with Gasteiger partial charge in [0.15, 0.2) is 5.78 Å². The van der Waals surface area contributed by atoms with E-state index in [1.54, 1.807) is 6.92 Å². The number of hydroxylamine groups is 2. The van der Waals surface area contributed by atoms with Crippen LogP contribution in [0.4, 0.5) is 0 Å². The maximum Gasteiger partial charge on any atom is 0.331 e. The molecule has 1 heterocycles. The molecule has 0 fully saturated rings. The molecule has 0 spiro atoms. The monoisotopic (exact) mass is 619 g/mol. The van der Waals surface area contributed by atoms with Crippen molar-refractivity contribution >= 4 is 64.0 Å². The van der Waals surface area contributed by atoms with Gasteiger partial charge in [0.25, 0.3) is 5.91 Å². The highest BCUT2D eigenvalue weighted by Gasteiger charge is 2.25. The van der Waals surface area contributed by atoms with Gasteiger partial charge in [-0.15, -0.1) is 0 Å². The molecule has 9 heteroatoms. The van der Waals surface area contributed by atoms with Crippen LogP contribution in [0.5, 0.6) is 0 Å². The summed E-state index contributed by atoms with van der Waals surface area (Å²) in [5, 5.41) is 7.98. The summed E-state index contributed by atoms with van der Waals surface area (Å²) >= 11 is 0. The van der Waals surface area contributed by atoms with Crippen LogP contribution in [-0.4, -0.2) is 45.0 Å². The number of carbonyl (C=O) groups is 4. The van der Waals surface area contributed by atoms with E-state index in [0.717, 1.165) is 44.1 Å².